The topological polar surface area (TPSA) is 115 Å². The van der Waals surface area contributed by atoms with Crippen molar-refractivity contribution in [2.24, 2.45) is 17.2 Å². The first kappa shape index (κ1) is 15.4. The summed E-state index contributed by atoms with van der Waals surface area (Å²) in [5.74, 6) is -0.933. The van der Waals surface area contributed by atoms with Gasteiger partial charge >= 0.3 is 5.97 Å². The van der Waals surface area contributed by atoms with Crippen LogP contribution in [0.2, 0.25) is 0 Å². The van der Waals surface area contributed by atoms with Crippen LogP contribution in [0.5, 0.6) is 0 Å². The van der Waals surface area contributed by atoms with Gasteiger partial charge in [0.25, 0.3) is 0 Å². The minimum Gasteiger partial charge on any atom is -0.480 e. The molecule has 0 fully saturated rings. The third-order valence-electron chi connectivity index (χ3n) is 1.48. The SMILES string of the molecule is CC=CN.NCCCCC(N)C(=O)O. The average Bonchev–Trinajstić information content (AvgIpc) is 2.18. The van der Waals surface area contributed by atoms with Crippen LogP contribution < -0.4 is 17.2 Å². The number of aliphatic carboxylic acids is 1. The fraction of sp³-hybridized carbons (Fsp3) is 0.667. The number of hydrogen-bond donors (Lipinski definition) is 4. The highest BCUT2D eigenvalue weighted by Crippen LogP contribution is 1.96. The minimum atomic E-state index is -0.933. The van der Waals surface area contributed by atoms with E-state index in [-0.39, 0.29) is 0 Å². The predicted octanol–water partition coefficient (Wildman–Crippen LogP) is 0.00600. The smallest absolute Gasteiger partial charge is 0.320 e. The van der Waals surface area contributed by atoms with Gasteiger partial charge in [0, 0.05) is 0 Å². The highest BCUT2D eigenvalue weighted by atomic mass is 16.4. The van der Waals surface area contributed by atoms with Gasteiger partial charge in [-0.2, -0.15) is 0 Å². The molecule has 0 amide bonds. The first-order valence-electron chi connectivity index (χ1n) is 4.61. The Hall–Kier alpha value is -1.07. The monoisotopic (exact) mass is 203 g/mol. The van der Waals surface area contributed by atoms with Gasteiger partial charge in [-0.15, -0.1) is 0 Å². The van der Waals surface area contributed by atoms with Crippen LogP contribution in [0.4, 0.5) is 0 Å². The zero-order chi connectivity index (χ0) is 11.4. The van der Waals surface area contributed by atoms with E-state index < -0.39 is 12.0 Å². The number of nitrogens with two attached hydrogens (primary N) is 3. The average molecular weight is 203 g/mol. The molecule has 0 aliphatic carbocycles. The Morgan fingerprint density at radius 1 is 1.50 bits per heavy atom. The summed E-state index contributed by atoms with van der Waals surface area (Å²) in [6.07, 6.45) is 5.44. The molecule has 0 rings (SSSR count). The van der Waals surface area contributed by atoms with Gasteiger partial charge < -0.3 is 22.3 Å². The van der Waals surface area contributed by atoms with E-state index in [0.29, 0.717) is 13.0 Å². The first-order valence-corrected chi connectivity index (χ1v) is 4.61. The van der Waals surface area contributed by atoms with E-state index in [0.717, 1.165) is 12.8 Å². The van der Waals surface area contributed by atoms with E-state index in [1.807, 2.05) is 6.92 Å². The summed E-state index contributed by atoms with van der Waals surface area (Å²) in [5.41, 5.74) is 15.3. The molecule has 1 unspecified atom stereocenters. The molecule has 84 valence electrons. The summed E-state index contributed by atoms with van der Waals surface area (Å²) in [5, 5.41) is 8.33. The molecule has 0 saturated carbocycles. The van der Waals surface area contributed by atoms with Gasteiger partial charge in [-0.05, 0) is 32.5 Å². The number of unbranched alkanes of at least 4 members (excludes halogenated alkanes) is 1. The van der Waals surface area contributed by atoms with Crippen LogP contribution in [0, 0.1) is 0 Å². The zero-order valence-electron chi connectivity index (χ0n) is 8.65. The molecular formula is C9H21N3O2. The van der Waals surface area contributed by atoms with Crippen LogP contribution in [0.1, 0.15) is 26.2 Å². The van der Waals surface area contributed by atoms with Crippen molar-refractivity contribution in [2.45, 2.75) is 32.2 Å². The molecular weight excluding hydrogens is 182 g/mol. The third kappa shape index (κ3) is 13.5. The van der Waals surface area contributed by atoms with E-state index in [1.54, 1.807) is 6.08 Å². The summed E-state index contributed by atoms with van der Waals surface area (Å²) < 4.78 is 0. The molecule has 0 aromatic heterocycles. The Morgan fingerprint density at radius 3 is 2.29 bits per heavy atom. The van der Waals surface area contributed by atoms with Gasteiger partial charge in [-0.25, -0.2) is 0 Å². The lowest BCUT2D eigenvalue weighted by Gasteiger charge is -2.03. The quantitative estimate of drug-likeness (QED) is 0.470. The standard InChI is InChI=1S/C6H14N2O2.C3H7N/c7-4-2-1-3-5(8)6(9)10;1-2-3-4/h5H,1-4,7-8H2,(H,9,10);2-3H,4H2,1H3. The molecule has 5 heteroatoms. The molecule has 14 heavy (non-hydrogen) atoms. The van der Waals surface area contributed by atoms with Crippen LogP contribution in [0.15, 0.2) is 12.3 Å². The summed E-state index contributed by atoms with van der Waals surface area (Å²) in [6, 6.07) is -0.716. The lowest BCUT2D eigenvalue weighted by atomic mass is 10.1. The molecule has 0 heterocycles. The second kappa shape index (κ2) is 11.9. The van der Waals surface area contributed by atoms with E-state index >= 15 is 0 Å². The third-order valence-corrected chi connectivity index (χ3v) is 1.48. The fourth-order valence-corrected chi connectivity index (χ4v) is 0.632. The van der Waals surface area contributed by atoms with Crippen molar-refractivity contribution in [1.29, 1.82) is 0 Å². The number of carbonyl (C=O) groups is 1. The van der Waals surface area contributed by atoms with Crippen LogP contribution in [-0.2, 0) is 4.79 Å². The van der Waals surface area contributed by atoms with Crippen LogP contribution in [0.25, 0.3) is 0 Å². The number of carboxylic acids is 1. The Bertz CT molecular complexity index is 156. The van der Waals surface area contributed by atoms with E-state index in [1.165, 1.54) is 6.20 Å². The molecule has 0 bridgehead atoms. The molecule has 0 spiro atoms. The Labute approximate surface area is 85.0 Å². The number of allylic oxidation sites excluding steroid dienone is 1. The largest absolute Gasteiger partial charge is 0.480 e. The maximum atomic E-state index is 10.1. The van der Waals surface area contributed by atoms with Crippen molar-refractivity contribution in [3.8, 4) is 0 Å². The molecule has 0 aromatic rings. The van der Waals surface area contributed by atoms with Crippen molar-refractivity contribution < 1.29 is 9.90 Å². The summed E-state index contributed by atoms with van der Waals surface area (Å²) in [6.45, 7) is 2.48. The predicted molar refractivity (Wildman–Crippen MR) is 57.5 cm³/mol. The summed E-state index contributed by atoms with van der Waals surface area (Å²) in [4.78, 5) is 10.1. The lowest BCUT2D eigenvalue weighted by molar-refractivity contribution is -0.138. The van der Waals surface area contributed by atoms with Gasteiger partial charge in [-0.3, -0.25) is 4.79 Å². The van der Waals surface area contributed by atoms with Crippen molar-refractivity contribution in [2.75, 3.05) is 6.54 Å². The molecule has 0 radical (unpaired) electrons. The van der Waals surface area contributed by atoms with Crippen LogP contribution >= 0.6 is 0 Å². The van der Waals surface area contributed by atoms with E-state index in [4.69, 9.17) is 22.3 Å². The number of hydrogen-bond acceptors (Lipinski definition) is 4. The molecule has 5 nitrogen and oxygen atoms in total. The maximum absolute atomic E-state index is 10.1. The molecule has 7 N–H and O–H groups in total. The fourth-order valence-electron chi connectivity index (χ4n) is 0.632. The zero-order valence-corrected chi connectivity index (χ0v) is 8.65. The maximum Gasteiger partial charge on any atom is 0.320 e. The van der Waals surface area contributed by atoms with Crippen LogP contribution in [-0.4, -0.2) is 23.7 Å². The van der Waals surface area contributed by atoms with E-state index in [9.17, 15) is 4.79 Å². The summed E-state index contributed by atoms with van der Waals surface area (Å²) in [7, 11) is 0. The molecule has 0 saturated heterocycles. The van der Waals surface area contributed by atoms with Crippen molar-refractivity contribution in [1.82, 2.24) is 0 Å². The Kier molecular flexibility index (Phi) is 13.1. The van der Waals surface area contributed by atoms with Gasteiger partial charge in [0.05, 0.1) is 0 Å². The minimum absolute atomic E-state index is 0.520. The first-order chi connectivity index (χ1) is 6.59. The lowest BCUT2D eigenvalue weighted by Crippen LogP contribution is -2.29. The van der Waals surface area contributed by atoms with Crippen molar-refractivity contribution in [3.05, 3.63) is 12.3 Å². The van der Waals surface area contributed by atoms with Gasteiger partial charge in [-0.1, -0.05) is 12.5 Å². The Morgan fingerprint density at radius 2 is 2.00 bits per heavy atom. The Balaban J connectivity index is 0. The highest BCUT2D eigenvalue weighted by Gasteiger charge is 2.09. The molecule has 0 aliphatic rings. The number of carboxylic acid groups (broad SMARTS) is 1. The molecule has 0 aliphatic heterocycles. The van der Waals surface area contributed by atoms with Gasteiger partial charge in [0.15, 0.2) is 0 Å². The van der Waals surface area contributed by atoms with Crippen molar-refractivity contribution in [3.63, 3.8) is 0 Å². The number of rotatable bonds is 5. The highest BCUT2D eigenvalue weighted by molar-refractivity contribution is 5.72. The normalized spacial score (nSPS) is 11.9. The van der Waals surface area contributed by atoms with Gasteiger partial charge in [0.1, 0.15) is 6.04 Å². The molecule has 0 aromatic carbocycles. The van der Waals surface area contributed by atoms with Gasteiger partial charge in [0.2, 0.25) is 0 Å². The van der Waals surface area contributed by atoms with Crippen LogP contribution in [0.3, 0.4) is 0 Å². The molecule has 1 atom stereocenters. The second-order valence-electron chi connectivity index (χ2n) is 2.75. The van der Waals surface area contributed by atoms with E-state index in [2.05, 4.69) is 0 Å². The summed E-state index contributed by atoms with van der Waals surface area (Å²) >= 11 is 0. The van der Waals surface area contributed by atoms with Crippen molar-refractivity contribution >= 4 is 5.97 Å². The second-order valence-corrected chi connectivity index (χ2v) is 2.75.